The lowest BCUT2D eigenvalue weighted by molar-refractivity contribution is 0.0942. The fourth-order valence-electron chi connectivity index (χ4n) is 3.02. The van der Waals surface area contributed by atoms with Gasteiger partial charge in [-0.25, -0.2) is 4.39 Å². The molecule has 4 aromatic rings. The normalized spacial score (nSPS) is 11.1. The van der Waals surface area contributed by atoms with E-state index in [1.54, 1.807) is 23.5 Å². The number of fused-ring (bicyclic) bond motifs is 1. The van der Waals surface area contributed by atoms with Crippen molar-refractivity contribution in [3.8, 4) is 0 Å². The van der Waals surface area contributed by atoms with Gasteiger partial charge in [0.05, 0.1) is 14.0 Å². The summed E-state index contributed by atoms with van der Waals surface area (Å²) >= 11 is 8.58. The van der Waals surface area contributed by atoms with Crippen LogP contribution in [0.3, 0.4) is 0 Å². The van der Waals surface area contributed by atoms with Gasteiger partial charge in [0.15, 0.2) is 0 Å². The van der Waals surface area contributed by atoms with Gasteiger partial charge < -0.3 is 9.88 Å². The first-order chi connectivity index (χ1) is 13.5. The molecule has 0 saturated carbocycles. The Morgan fingerprint density at radius 3 is 2.39 bits per heavy atom. The third kappa shape index (κ3) is 4.21. The van der Waals surface area contributed by atoms with Crippen molar-refractivity contribution in [1.29, 1.82) is 0 Å². The molecule has 0 atom stereocenters. The molecule has 142 valence electrons. The summed E-state index contributed by atoms with van der Waals surface area (Å²) in [6.07, 6.45) is 0. The van der Waals surface area contributed by atoms with Crippen molar-refractivity contribution in [3.05, 3.63) is 91.6 Å². The van der Waals surface area contributed by atoms with Gasteiger partial charge in [-0.2, -0.15) is 0 Å². The molecule has 0 saturated heterocycles. The molecule has 0 aliphatic heterocycles. The molecule has 3 nitrogen and oxygen atoms in total. The molecule has 1 amide bonds. The third-order valence-electron chi connectivity index (χ3n) is 4.41. The van der Waals surface area contributed by atoms with Crippen molar-refractivity contribution in [2.24, 2.45) is 0 Å². The Kier molecular flexibility index (Phi) is 5.66. The SMILES string of the molecule is O=C(NCc1ccc(F)cc1)c1cc2sc(Br)cc2n1Cc1ccc(Br)cc1. The van der Waals surface area contributed by atoms with E-state index in [1.165, 1.54) is 12.1 Å². The number of amides is 1. The van der Waals surface area contributed by atoms with Crippen LogP contribution in [0, 0.1) is 5.82 Å². The van der Waals surface area contributed by atoms with Crippen molar-refractivity contribution < 1.29 is 9.18 Å². The number of hydrogen-bond donors (Lipinski definition) is 1. The summed E-state index contributed by atoms with van der Waals surface area (Å²) in [6, 6.07) is 18.2. The summed E-state index contributed by atoms with van der Waals surface area (Å²) in [6.45, 7) is 0.944. The van der Waals surface area contributed by atoms with Crippen molar-refractivity contribution in [2.45, 2.75) is 13.1 Å². The van der Waals surface area contributed by atoms with E-state index < -0.39 is 0 Å². The number of nitrogens with one attached hydrogen (secondary N) is 1. The molecule has 2 heterocycles. The minimum atomic E-state index is -0.288. The lowest BCUT2D eigenvalue weighted by Crippen LogP contribution is -2.25. The number of aromatic nitrogens is 1. The van der Waals surface area contributed by atoms with Crippen LogP contribution in [0.25, 0.3) is 10.2 Å². The molecule has 0 spiro atoms. The highest BCUT2D eigenvalue weighted by molar-refractivity contribution is 9.11. The van der Waals surface area contributed by atoms with Crippen LogP contribution in [0.5, 0.6) is 0 Å². The van der Waals surface area contributed by atoms with Gasteiger partial charge in [-0.3, -0.25) is 4.79 Å². The number of benzene rings is 2. The first kappa shape index (κ1) is 19.4. The first-order valence-corrected chi connectivity index (χ1v) is 11.0. The standard InChI is InChI=1S/C21H15Br2FN2OS/c22-15-5-1-14(2-6-15)12-26-17-10-20(23)28-19(17)9-18(26)21(27)25-11-13-3-7-16(24)8-4-13/h1-10H,11-12H2,(H,25,27). The van der Waals surface area contributed by atoms with Gasteiger partial charge in [-0.15, -0.1) is 11.3 Å². The van der Waals surface area contributed by atoms with Gasteiger partial charge in [0.1, 0.15) is 11.5 Å². The molecule has 4 rings (SSSR count). The number of nitrogens with zero attached hydrogens (tertiary/aromatic N) is 1. The summed E-state index contributed by atoms with van der Waals surface area (Å²) in [5, 5.41) is 2.94. The molecule has 0 radical (unpaired) electrons. The summed E-state index contributed by atoms with van der Waals surface area (Å²) in [4.78, 5) is 12.9. The zero-order chi connectivity index (χ0) is 19.7. The highest BCUT2D eigenvalue weighted by Crippen LogP contribution is 2.33. The predicted octanol–water partition coefficient (Wildman–Crippen LogP) is 6.35. The molecule has 0 unspecified atom stereocenters. The Hall–Kier alpha value is -1.96. The van der Waals surface area contributed by atoms with E-state index in [0.29, 0.717) is 18.8 Å². The van der Waals surface area contributed by atoms with E-state index in [2.05, 4.69) is 37.2 Å². The van der Waals surface area contributed by atoms with Crippen molar-refractivity contribution in [3.63, 3.8) is 0 Å². The van der Waals surface area contributed by atoms with Gasteiger partial charge in [0.2, 0.25) is 0 Å². The summed E-state index contributed by atoms with van der Waals surface area (Å²) in [5.41, 5.74) is 3.59. The second kappa shape index (κ2) is 8.19. The number of halogens is 3. The Morgan fingerprint density at radius 2 is 1.68 bits per heavy atom. The van der Waals surface area contributed by atoms with Crippen LogP contribution in [-0.4, -0.2) is 10.5 Å². The summed E-state index contributed by atoms with van der Waals surface area (Å²) in [7, 11) is 0. The van der Waals surface area contributed by atoms with Gasteiger partial charge in [0.25, 0.3) is 5.91 Å². The van der Waals surface area contributed by atoms with Crippen LogP contribution in [0.4, 0.5) is 4.39 Å². The van der Waals surface area contributed by atoms with E-state index >= 15 is 0 Å². The van der Waals surface area contributed by atoms with Crippen LogP contribution in [-0.2, 0) is 13.1 Å². The predicted molar refractivity (Wildman–Crippen MR) is 118 cm³/mol. The molecule has 0 bridgehead atoms. The molecule has 1 N–H and O–H groups in total. The van der Waals surface area contributed by atoms with Gasteiger partial charge in [-0.05, 0) is 63.5 Å². The quantitative estimate of drug-likeness (QED) is 0.326. The largest absolute Gasteiger partial charge is 0.347 e. The second-order valence-electron chi connectivity index (χ2n) is 6.35. The van der Waals surface area contributed by atoms with Crippen LogP contribution in [0.2, 0.25) is 0 Å². The average molecular weight is 522 g/mol. The maximum Gasteiger partial charge on any atom is 0.268 e. The zero-order valence-electron chi connectivity index (χ0n) is 14.6. The smallest absolute Gasteiger partial charge is 0.268 e. The van der Waals surface area contributed by atoms with Crippen molar-refractivity contribution in [2.75, 3.05) is 0 Å². The zero-order valence-corrected chi connectivity index (χ0v) is 18.6. The minimum Gasteiger partial charge on any atom is -0.347 e. The molecular formula is C21H15Br2FN2OS. The fraction of sp³-hybridized carbons (Fsp3) is 0.0952. The second-order valence-corrected chi connectivity index (χ2v) is 9.73. The number of thiophene rings is 1. The lowest BCUT2D eigenvalue weighted by Gasteiger charge is -2.11. The Labute approximate surface area is 182 Å². The molecule has 2 aromatic heterocycles. The van der Waals surface area contributed by atoms with E-state index in [-0.39, 0.29) is 11.7 Å². The Morgan fingerprint density at radius 1 is 1.00 bits per heavy atom. The van der Waals surface area contributed by atoms with Crippen LogP contribution >= 0.6 is 43.2 Å². The van der Waals surface area contributed by atoms with Crippen molar-refractivity contribution >= 4 is 59.3 Å². The number of rotatable bonds is 5. The van der Waals surface area contributed by atoms with E-state index in [0.717, 1.165) is 29.6 Å². The molecular weight excluding hydrogens is 507 g/mol. The highest BCUT2D eigenvalue weighted by Gasteiger charge is 2.18. The maximum atomic E-state index is 13.1. The van der Waals surface area contributed by atoms with Crippen molar-refractivity contribution in [1.82, 2.24) is 9.88 Å². The number of carbonyl (C=O) groups is 1. The Bertz CT molecular complexity index is 1130. The molecule has 0 aliphatic rings. The van der Waals surface area contributed by atoms with E-state index in [9.17, 15) is 9.18 Å². The topological polar surface area (TPSA) is 34.0 Å². The molecule has 2 aromatic carbocycles. The molecule has 0 aliphatic carbocycles. The number of hydrogen-bond acceptors (Lipinski definition) is 2. The van der Waals surface area contributed by atoms with E-state index in [4.69, 9.17) is 0 Å². The van der Waals surface area contributed by atoms with Crippen LogP contribution < -0.4 is 5.32 Å². The van der Waals surface area contributed by atoms with Crippen LogP contribution in [0.15, 0.2) is 68.9 Å². The van der Waals surface area contributed by atoms with Gasteiger partial charge in [0, 0.05) is 17.6 Å². The van der Waals surface area contributed by atoms with Gasteiger partial charge in [-0.1, -0.05) is 40.2 Å². The molecule has 7 heteroatoms. The number of carbonyl (C=O) groups excluding carboxylic acids is 1. The van der Waals surface area contributed by atoms with Crippen LogP contribution in [0.1, 0.15) is 21.6 Å². The average Bonchev–Trinajstić information content (AvgIpc) is 3.20. The molecule has 28 heavy (non-hydrogen) atoms. The third-order valence-corrected chi connectivity index (χ3v) is 6.52. The summed E-state index contributed by atoms with van der Waals surface area (Å²) in [5.74, 6) is -0.440. The minimum absolute atomic E-state index is 0.152. The lowest BCUT2D eigenvalue weighted by atomic mass is 10.2. The first-order valence-electron chi connectivity index (χ1n) is 8.55. The summed E-state index contributed by atoms with van der Waals surface area (Å²) < 4.78 is 18.2. The monoisotopic (exact) mass is 520 g/mol. The van der Waals surface area contributed by atoms with Gasteiger partial charge >= 0.3 is 0 Å². The van der Waals surface area contributed by atoms with E-state index in [1.807, 2.05) is 41.0 Å². The molecule has 0 fully saturated rings. The Balaban J connectivity index is 1.61. The maximum absolute atomic E-state index is 13.1. The highest BCUT2D eigenvalue weighted by atomic mass is 79.9. The fourth-order valence-corrected chi connectivity index (χ4v) is 4.85.